The first kappa shape index (κ1) is 14.1. The summed E-state index contributed by atoms with van der Waals surface area (Å²) in [5, 5.41) is 4.90. The molecule has 23 heavy (non-hydrogen) atoms. The van der Waals surface area contributed by atoms with Crippen molar-refractivity contribution in [2.75, 3.05) is 5.32 Å². The van der Waals surface area contributed by atoms with Gasteiger partial charge in [0.05, 0.1) is 11.2 Å². The fourth-order valence-corrected chi connectivity index (χ4v) is 3.13. The van der Waals surface area contributed by atoms with E-state index in [1.165, 1.54) is 10.9 Å². The maximum absolute atomic E-state index is 4.93. The number of fused-ring (bicyclic) bond motifs is 3. The van der Waals surface area contributed by atoms with Crippen LogP contribution in [0.3, 0.4) is 0 Å². The summed E-state index contributed by atoms with van der Waals surface area (Å²) in [5.41, 5.74) is 3.22. The van der Waals surface area contributed by atoms with E-state index in [4.69, 9.17) is 4.98 Å². The SMILES string of the molecule is CC(C)(C)Nc1c(C2C=CC=C2)nc2ccc3ccccc3n12. The van der Waals surface area contributed by atoms with Crippen LogP contribution in [-0.4, -0.2) is 14.9 Å². The van der Waals surface area contributed by atoms with Gasteiger partial charge >= 0.3 is 0 Å². The fraction of sp³-hybridized carbons (Fsp3) is 0.250. The number of hydrogen-bond acceptors (Lipinski definition) is 2. The van der Waals surface area contributed by atoms with Gasteiger partial charge in [0.25, 0.3) is 0 Å². The highest BCUT2D eigenvalue weighted by Gasteiger charge is 2.23. The minimum Gasteiger partial charge on any atom is -0.365 e. The smallest absolute Gasteiger partial charge is 0.139 e. The molecule has 3 aromatic rings. The van der Waals surface area contributed by atoms with Crippen LogP contribution in [0.25, 0.3) is 16.6 Å². The summed E-state index contributed by atoms with van der Waals surface area (Å²) in [5.74, 6) is 1.32. The zero-order chi connectivity index (χ0) is 16.0. The van der Waals surface area contributed by atoms with Crippen molar-refractivity contribution in [2.24, 2.45) is 0 Å². The largest absolute Gasteiger partial charge is 0.365 e. The van der Waals surface area contributed by atoms with Crippen LogP contribution in [0.4, 0.5) is 5.82 Å². The molecule has 3 heteroatoms. The van der Waals surface area contributed by atoms with Crippen molar-refractivity contribution in [1.29, 1.82) is 0 Å². The summed E-state index contributed by atoms with van der Waals surface area (Å²) >= 11 is 0. The number of allylic oxidation sites excluding steroid dienone is 4. The summed E-state index contributed by atoms with van der Waals surface area (Å²) in [7, 11) is 0. The van der Waals surface area contributed by atoms with Crippen LogP contribution in [0.5, 0.6) is 0 Å². The Morgan fingerprint density at radius 3 is 2.48 bits per heavy atom. The summed E-state index contributed by atoms with van der Waals surface area (Å²) in [4.78, 5) is 4.93. The van der Waals surface area contributed by atoms with Crippen LogP contribution >= 0.6 is 0 Å². The molecule has 1 aromatic carbocycles. The summed E-state index contributed by atoms with van der Waals surface area (Å²) in [6, 6.07) is 12.7. The number of rotatable bonds is 2. The summed E-state index contributed by atoms with van der Waals surface area (Å²) in [6.45, 7) is 6.55. The summed E-state index contributed by atoms with van der Waals surface area (Å²) in [6.07, 6.45) is 8.57. The predicted octanol–water partition coefficient (Wildman–Crippen LogP) is 4.91. The van der Waals surface area contributed by atoms with Crippen molar-refractivity contribution in [3.8, 4) is 0 Å². The zero-order valence-electron chi connectivity index (χ0n) is 13.7. The molecular weight excluding hydrogens is 282 g/mol. The Bertz CT molecular complexity index is 927. The molecule has 0 saturated carbocycles. The maximum atomic E-state index is 4.93. The van der Waals surface area contributed by atoms with E-state index in [1.807, 2.05) is 0 Å². The lowest BCUT2D eigenvalue weighted by Gasteiger charge is -2.23. The topological polar surface area (TPSA) is 29.3 Å². The first-order valence-corrected chi connectivity index (χ1v) is 8.06. The van der Waals surface area contributed by atoms with E-state index >= 15 is 0 Å². The second-order valence-corrected chi connectivity index (χ2v) is 7.10. The lowest BCUT2D eigenvalue weighted by atomic mass is 10.1. The molecule has 0 fully saturated rings. The molecule has 2 aromatic heterocycles. The van der Waals surface area contributed by atoms with Crippen molar-refractivity contribution in [3.63, 3.8) is 0 Å². The van der Waals surface area contributed by atoms with Crippen molar-refractivity contribution in [3.05, 3.63) is 66.4 Å². The van der Waals surface area contributed by atoms with Gasteiger partial charge in [-0.2, -0.15) is 0 Å². The minimum atomic E-state index is -0.0340. The molecule has 4 rings (SSSR count). The average molecular weight is 303 g/mol. The van der Waals surface area contributed by atoms with Crippen LogP contribution in [0.15, 0.2) is 60.7 Å². The van der Waals surface area contributed by atoms with Crippen LogP contribution in [0.2, 0.25) is 0 Å². The van der Waals surface area contributed by atoms with Crippen LogP contribution in [0, 0.1) is 0 Å². The number of benzene rings is 1. The van der Waals surface area contributed by atoms with E-state index in [2.05, 4.69) is 91.2 Å². The molecule has 0 saturated heterocycles. The van der Waals surface area contributed by atoms with Crippen LogP contribution in [-0.2, 0) is 0 Å². The molecule has 0 radical (unpaired) electrons. The Balaban J connectivity index is 2.05. The van der Waals surface area contributed by atoms with E-state index < -0.39 is 0 Å². The molecule has 1 aliphatic carbocycles. The first-order chi connectivity index (χ1) is 11.0. The molecule has 1 aliphatic rings. The number of aromatic nitrogens is 2. The van der Waals surface area contributed by atoms with Crippen molar-refractivity contribution >= 4 is 22.4 Å². The van der Waals surface area contributed by atoms with Crippen molar-refractivity contribution < 1.29 is 0 Å². The molecular formula is C20H21N3. The standard InChI is InChI=1S/C20H21N3/c1-20(2,3)22-19-18(15-9-4-5-10-15)21-17-13-12-14-8-6-7-11-16(14)23(17)19/h4-13,15,22H,1-3H3. The maximum Gasteiger partial charge on any atom is 0.139 e. The molecule has 116 valence electrons. The van der Waals surface area contributed by atoms with Gasteiger partial charge in [0, 0.05) is 11.5 Å². The molecule has 0 spiro atoms. The minimum absolute atomic E-state index is 0.0340. The van der Waals surface area contributed by atoms with Gasteiger partial charge in [0.2, 0.25) is 0 Å². The van der Waals surface area contributed by atoms with E-state index in [0.29, 0.717) is 0 Å². The molecule has 0 atom stereocenters. The van der Waals surface area contributed by atoms with Gasteiger partial charge in [-0.1, -0.05) is 42.5 Å². The molecule has 3 nitrogen and oxygen atoms in total. The number of nitrogens with one attached hydrogen (secondary N) is 1. The molecule has 1 N–H and O–H groups in total. The predicted molar refractivity (Wildman–Crippen MR) is 97.1 cm³/mol. The average Bonchev–Trinajstić information content (AvgIpc) is 3.13. The van der Waals surface area contributed by atoms with Crippen molar-refractivity contribution in [1.82, 2.24) is 9.38 Å². The number of anilines is 1. The van der Waals surface area contributed by atoms with Gasteiger partial charge < -0.3 is 5.32 Å². The number of nitrogens with zero attached hydrogens (tertiary/aromatic N) is 2. The van der Waals surface area contributed by atoms with Gasteiger partial charge in [-0.15, -0.1) is 0 Å². The highest BCUT2D eigenvalue weighted by Crippen LogP contribution is 2.33. The quantitative estimate of drug-likeness (QED) is 0.729. The summed E-state index contributed by atoms with van der Waals surface area (Å²) < 4.78 is 2.25. The van der Waals surface area contributed by atoms with E-state index in [1.54, 1.807) is 0 Å². The third-order valence-electron chi connectivity index (χ3n) is 4.08. The van der Waals surface area contributed by atoms with E-state index in [-0.39, 0.29) is 11.5 Å². The molecule has 0 unspecified atom stereocenters. The van der Waals surface area contributed by atoms with Crippen LogP contribution < -0.4 is 5.32 Å². The molecule has 2 heterocycles. The fourth-order valence-electron chi connectivity index (χ4n) is 3.13. The third kappa shape index (κ3) is 2.42. The van der Waals surface area contributed by atoms with Gasteiger partial charge in [-0.25, -0.2) is 4.98 Å². The highest BCUT2D eigenvalue weighted by molar-refractivity contribution is 5.84. The van der Waals surface area contributed by atoms with Crippen molar-refractivity contribution in [2.45, 2.75) is 32.2 Å². The van der Waals surface area contributed by atoms with E-state index in [9.17, 15) is 0 Å². The van der Waals surface area contributed by atoms with Crippen LogP contribution in [0.1, 0.15) is 32.4 Å². The number of para-hydroxylation sites is 1. The third-order valence-corrected chi connectivity index (χ3v) is 4.08. The van der Waals surface area contributed by atoms with Gasteiger partial charge in [-0.3, -0.25) is 4.40 Å². The van der Waals surface area contributed by atoms with Gasteiger partial charge in [0.1, 0.15) is 11.5 Å². The molecule has 0 aliphatic heterocycles. The Kier molecular flexibility index (Phi) is 3.05. The van der Waals surface area contributed by atoms with Gasteiger partial charge in [0.15, 0.2) is 0 Å². The monoisotopic (exact) mass is 303 g/mol. The van der Waals surface area contributed by atoms with Gasteiger partial charge in [-0.05, 0) is 44.4 Å². The highest BCUT2D eigenvalue weighted by atomic mass is 15.2. The second kappa shape index (κ2) is 4.98. The molecule has 0 amide bonds. The number of hydrogen-bond donors (Lipinski definition) is 1. The normalized spacial score (nSPS) is 15.1. The van der Waals surface area contributed by atoms with E-state index in [0.717, 1.165) is 17.2 Å². The lowest BCUT2D eigenvalue weighted by Crippen LogP contribution is -2.27. The first-order valence-electron chi connectivity index (χ1n) is 8.06. The Hall–Kier alpha value is -2.55. The Morgan fingerprint density at radius 2 is 1.74 bits per heavy atom. The number of imidazole rings is 1. The lowest BCUT2D eigenvalue weighted by molar-refractivity contribution is 0.628. The zero-order valence-corrected chi connectivity index (χ0v) is 13.7. The Morgan fingerprint density at radius 1 is 1.00 bits per heavy atom. The number of pyridine rings is 1. The second-order valence-electron chi connectivity index (χ2n) is 7.10. The Labute approximate surface area is 136 Å². The molecule has 0 bridgehead atoms.